The third-order valence-corrected chi connectivity index (χ3v) is 9.67. The van der Waals surface area contributed by atoms with Crippen molar-refractivity contribution in [3.8, 4) is 21.7 Å². The maximum atomic E-state index is 12.9. The maximum Gasteiger partial charge on any atom is 0.257 e. The fraction of sp³-hybridized carbons (Fsp3) is 0.231. The van der Waals surface area contributed by atoms with Crippen LogP contribution < -0.4 is 5.32 Å². The van der Waals surface area contributed by atoms with Crippen LogP contribution in [0.3, 0.4) is 0 Å². The fourth-order valence-electron chi connectivity index (χ4n) is 4.79. The van der Waals surface area contributed by atoms with E-state index < -0.39 is 10.0 Å². The number of nitrogens with one attached hydrogen (secondary N) is 1. The lowest BCUT2D eigenvalue weighted by atomic mass is 10.0. The molecule has 6 nitrogen and oxygen atoms in total. The van der Waals surface area contributed by atoms with Crippen LogP contribution in [0.4, 0.5) is 5.13 Å². The molecule has 2 heterocycles. The van der Waals surface area contributed by atoms with Crippen molar-refractivity contribution in [1.82, 2.24) is 9.29 Å². The molecule has 1 aliphatic heterocycles. The van der Waals surface area contributed by atoms with Gasteiger partial charge in [0.05, 0.1) is 15.5 Å². The number of sulfonamides is 1. The number of carbonyl (C=O) groups is 1. The Morgan fingerprint density at radius 1 is 1.00 bits per heavy atom. The number of rotatable bonds is 4. The molecule has 0 unspecified atom stereocenters. The summed E-state index contributed by atoms with van der Waals surface area (Å²) in [6, 6.07) is 18.5. The molecule has 1 fully saturated rings. The minimum atomic E-state index is -3.54. The van der Waals surface area contributed by atoms with E-state index in [9.17, 15) is 13.2 Å². The number of carbonyl (C=O) groups excluding carboxylic acids is 1. The fourth-order valence-corrected chi connectivity index (χ4v) is 7.26. The normalized spacial score (nSPS) is 16.0. The van der Waals surface area contributed by atoms with Crippen molar-refractivity contribution in [3.05, 3.63) is 66.2 Å². The van der Waals surface area contributed by atoms with Crippen LogP contribution >= 0.6 is 11.3 Å². The quantitative estimate of drug-likeness (QED) is 0.356. The molecule has 34 heavy (non-hydrogen) atoms. The largest absolute Gasteiger partial charge is 0.298 e. The molecule has 172 valence electrons. The Hall–Kier alpha value is -3.07. The highest BCUT2D eigenvalue weighted by Gasteiger charge is 2.29. The van der Waals surface area contributed by atoms with Crippen LogP contribution in [0.15, 0.2) is 65.6 Å². The number of nitrogens with zero attached hydrogens (tertiary/aromatic N) is 2. The van der Waals surface area contributed by atoms with E-state index in [1.165, 1.54) is 38.5 Å². The second kappa shape index (κ2) is 8.01. The zero-order valence-electron chi connectivity index (χ0n) is 18.6. The lowest BCUT2D eigenvalue weighted by molar-refractivity contribution is 0.102. The van der Waals surface area contributed by atoms with E-state index in [-0.39, 0.29) is 10.8 Å². The molecular weight excluding hydrogens is 466 g/mol. The molecule has 0 atom stereocenters. The first kappa shape index (κ1) is 21.5. The van der Waals surface area contributed by atoms with E-state index in [1.54, 1.807) is 12.1 Å². The van der Waals surface area contributed by atoms with Gasteiger partial charge in [0.2, 0.25) is 10.0 Å². The van der Waals surface area contributed by atoms with E-state index in [0.717, 1.165) is 34.5 Å². The van der Waals surface area contributed by atoms with Gasteiger partial charge >= 0.3 is 0 Å². The van der Waals surface area contributed by atoms with E-state index in [0.29, 0.717) is 29.7 Å². The summed E-state index contributed by atoms with van der Waals surface area (Å²) in [5.74, 6) is 0.237. The summed E-state index contributed by atoms with van der Waals surface area (Å²) in [7, 11) is -3.54. The van der Waals surface area contributed by atoms with E-state index in [2.05, 4.69) is 36.5 Å². The monoisotopic (exact) mass is 489 g/mol. The molecule has 1 N–H and O–H groups in total. The Kier molecular flexibility index (Phi) is 5.05. The van der Waals surface area contributed by atoms with Gasteiger partial charge in [-0.15, -0.1) is 0 Å². The summed E-state index contributed by atoms with van der Waals surface area (Å²) in [5, 5.41) is 5.80. The molecule has 0 spiro atoms. The van der Waals surface area contributed by atoms with Gasteiger partial charge in [0, 0.05) is 29.8 Å². The Morgan fingerprint density at radius 2 is 1.68 bits per heavy atom. The minimum absolute atomic E-state index is 0.219. The number of hydrogen-bond donors (Lipinski definition) is 1. The SMILES string of the molecule is CC1CCN(S(=O)(=O)c2ccc(C(=O)Nc3nc4c(s3)-c3cccc5cccc-4c35)cc2)CC1. The highest BCUT2D eigenvalue weighted by atomic mass is 32.2. The second-order valence-electron chi connectivity index (χ2n) is 8.97. The number of aromatic nitrogens is 1. The third-order valence-electron chi connectivity index (χ3n) is 6.75. The number of piperidine rings is 1. The molecule has 3 aromatic carbocycles. The molecule has 1 saturated heterocycles. The van der Waals surface area contributed by atoms with Gasteiger partial charge in [0.15, 0.2) is 5.13 Å². The number of hydrogen-bond acceptors (Lipinski definition) is 5. The minimum Gasteiger partial charge on any atom is -0.298 e. The Balaban J connectivity index is 1.21. The van der Waals surface area contributed by atoms with Crippen molar-refractivity contribution >= 4 is 43.2 Å². The van der Waals surface area contributed by atoms with Crippen molar-refractivity contribution in [3.63, 3.8) is 0 Å². The highest BCUT2D eigenvalue weighted by Crippen LogP contribution is 2.50. The summed E-state index contributed by atoms with van der Waals surface area (Å²) >= 11 is 1.46. The van der Waals surface area contributed by atoms with E-state index in [1.807, 2.05) is 12.1 Å². The smallest absolute Gasteiger partial charge is 0.257 e. The summed E-state index contributed by atoms with van der Waals surface area (Å²) in [5.41, 5.74) is 3.51. The Morgan fingerprint density at radius 3 is 2.38 bits per heavy atom. The maximum absolute atomic E-state index is 12.9. The van der Waals surface area contributed by atoms with Gasteiger partial charge in [-0.25, -0.2) is 13.4 Å². The average molecular weight is 490 g/mol. The Labute approximate surface area is 202 Å². The first-order valence-corrected chi connectivity index (χ1v) is 13.6. The molecule has 4 aromatic rings. The summed E-state index contributed by atoms with van der Waals surface area (Å²) in [4.78, 5) is 18.8. The molecular formula is C26H23N3O3S2. The van der Waals surface area contributed by atoms with Gasteiger partial charge in [-0.2, -0.15) is 4.31 Å². The number of amides is 1. The van der Waals surface area contributed by atoms with Crippen LogP contribution in [-0.2, 0) is 10.0 Å². The second-order valence-corrected chi connectivity index (χ2v) is 11.9. The van der Waals surface area contributed by atoms with Crippen LogP contribution in [0.25, 0.3) is 32.5 Å². The molecule has 1 aromatic heterocycles. The first-order chi connectivity index (χ1) is 16.4. The van der Waals surface area contributed by atoms with Gasteiger partial charge in [-0.3, -0.25) is 10.1 Å². The van der Waals surface area contributed by atoms with E-state index >= 15 is 0 Å². The molecule has 6 rings (SSSR count). The highest BCUT2D eigenvalue weighted by molar-refractivity contribution is 7.89. The van der Waals surface area contributed by atoms with Crippen LogP contribution in [0.5, 0.6) is 0 Å². The van der Waals surface area contributed by atoms with Crippen molar-refractivity contribution in [2.24, 2.45) is 5.92 Å². The predicted molar refractivity (Wildman–Crippen MR) is 136 cm³/mol. The lowest BCUT2D eigenvalue weighted by Crippen LogP contribution is -2.37. The zero-order valence-corrected chi connectivity index (χ0v) is 20.2. The van der Waals surface area contributed by atoms with Gasteiger partial charge in [0.1, 0.15) is 0 Å². The van der Waals surface area contributed by atoms with Crippen molar-refractivity contribution in [2.75, 3.05) is 18.4 Å². The van der Waals surface area contributed by atoms with Crippen molar-refractivity contribution < 1.29 is 13.2 Å². The lowest BCUT2D eigenvalue weighted by Gasteiger charge is -2.29. The third kappa shape index (κ3) is 3.45. The average Bonchev–Trinajstić information content (AvgIpc) is 3.39. The molecule has 1 aliphatic carbocycles. The molecule has 0 radical (unpaired) electrons. The van der Waals surface area contributed by atoms with Crippen LogP contribution in [-0.4, -0.2) is 36.7 Å². The van der Waals surface area contributed by atoms with Gasteiger partial charge in [-0.05, 0) is 53.8 Å². The van der Waals surface area contributed by atoms with Gasteiger partial charge < -0.3 is 0 Å². The van der Waals surface area contributed by atoms with Crippen LogP contribution in [0, 0.1) is 5.92 Å². The number of thiazole rings is 1. The summed E-state index contributed by atoms with van der Waals surface area (Å²) in [6.45, 7) is 3.22. The molecule has 1 amide bonds. The molecule has 0 bridgehead atoms. The van der Waals surface area contributed by atoms with E-state index in [4.69, 9.17) is 4.98 Å². The number of fused-ring (bicyclic) bond motifs is 3. The van der Waals surface area contributed by atoms with Crippen molar-refractivity contribution in [2.45, 2.75) is 24.7 Å². The topological polar surface area (TPSA) is 79.4 Å². The number of benzene rings is 3. The van der Waals surface area contributed by atoms with Gasteiger partial charge in [-0.1, -0.05) is 54.7 Å². The first-order valence-electron chi connectivity index (χ1n) is 11.4. The van der Waals surface area contributed by atoms with Gasteiger partial charge in [0.25, 0.3) is 5.91 Å². The molecule has 8 heteroatoms. The van der Waals surface area contributed by atoms with Crippen molar-refractivity contribution in [1.29, 1.82) is 0 Å². The zero-order chi connectivity index (χ0) is 23.4. The predicted octanol–water partition coefficient (Wildman–Crippen LogP) is 5.62. The standard InChI is InChI=1S/C26H23N3O3S2/c1-16-12-14-29(15-13-16)34(31,32)19-10-8-18(9-11-19)25(30)28-26-27-23-20-6-2-4-17-5-3-7-21(22(17)20)24(23)33-26/h2-11,16H,12-15H2,1H3,(H,27,28,30). The Bertz CT molecular complexity index is 1480. The number of anilines is 1. The summed E-state index contributed by atoms with van der Waals surface area (Å²) in [6.07, 6.45) is 1.74. The molecule has 2 aliphatic rings. The van der Waals surface area contributed by atoms with Crippen LogP contribution in [0.2, 0.25) is 0 Å². The van der Waals surface area contributed by atoms with Crippen LogP contribution in [0.1, 0.15) is 30.1 Å². The molecule has 0 saturated carbocycles. The summed E-state index contributed by atoms with van der Waals surface area (Å²) < 4.78 is 27.4.